The summed E-state index contributed by atoms with van der Waals surface area (Å²) in [5.74, 6) is -7.46. The molecule has 1 aliphatic heterocycles. The van der Waals surface area contributed by atoms with Crippen molar-refractivity contribution in [3.63, 3.8) is 0 Å². The van der Waals surface area contributed by atoms with Crippen molar-refractivity contribution >= 4 is 29.3 Å². The van der Waals surface area contributed by atoms with Gasteiger partial charge >= 0.3 is 5.92 Å². The van der Waals surface area contributed by atoms with Crippen LogP contribution in [0.3, 0.4) is 0 Å². The standard InChI is InChI=1S/C24H29ClF2N4O4/c1-13-9-15(20(32)29-13)11-18(12-28)30-21(33)19(10-14-3-4-14)31-22(34)24(26,27)23(2,35)16-5-7-17(25)8-6-16/h5-8,13-15,18-19,35H,3-4,9-11H2,1-2H3,(H,29,32)(H,30,33)(H,31,34)/t13?,15?,18?,19-,23?/m0/s1. The lowest BCUT2D eigenvalue weighted by atomic mass is 9.88. The highest BCUT2D eigenvalue weighted by atomic mass is 35.5. The molecule has 1 saturated carbocycles. The minimum atomic E-state index is -4.28. The Morgan fingerprint density at radius 1 is 1.26 bits per heavy atom. The summed E-state index contributed by atoms with van der Waals surface area (Å²) in [4.78, 5) is 37.5. The van der Waals surface area contributed by atoms with Gasteiger partial charge in [0.05, 0.1) is 6.07 Å². The lowest BCUT2D eigenvalue weighted by molar-refractivity contribution is -0.192. The fraction of sp³-hybridized carbons (Fsp3) is 0.583. The van der Waals surface area contributed by atoms with Crippen molar-refractivity contribution in [3.05, 3.63) is 34.9 Å². The lowest BCUT2D eigenvalue weighted by Gasteiger charge is -2.33. The van der Waals surface area contributed by atoms with Gasteiger partial charge in [-0.15, -0.1) is 0 Å². The molecule has 0 radical (unpaired) electrons. The summed E-state index contributed by atoms with van der Waals surface area (Å²) < 4.78 is 30.2. The zero-order valence-electron chi connectivity index (χ0n) is 19.5. The zero-order valence-corrected chi connectivity index (χ0v) is 20.2. The van der Waals surface area contributed by atoms with Crippen LogP contribution in [0.15, 0.2) is 24.3 Å². The molecule has 1 saturated heterocycles. The van der Waals surface area contributed by atoms with Gasteiger partial charge in [-0.3, -0.25) is 14.4 Å². The number of hydrogen-bond donors (Lipinski definition) is 4. The highest BCUT2D eigenvalue weighted by molar-refractivity contribution is 6.30. The lowest BCUT2D eigenvalue weighted by Crippen LogP contribution is -2.58. The third kappa shape index (κ3) is 6.27. The molecule has 1 heterocycles. The maximum absolute atomic E-state index is 15.1. The Kier molecular flexibility index (Phi) is 8.02. The van der Waals surface area contributed by atoms with Gasteiger partial charge in [0.25, 0.3) is 5.91 Å². The number of carbonyl (C=O) groups excluding carboxylic acids is 3. The molecule has 0 aromatic heterocycles. The highest BCUT2D eigenvalue weighted by Crippen LogP contribution is 2.39. The van der Waals surface area contributed by atoms with Gasteiger partial charge in [-0.1, -0.05) is 36.6 Å². The number of amides is 3. The Labute approximate surface area is 207 Å². The fourth-order valence-corrected chi connectivity index (χ4v) is 4.33. The van der Waals surface area contributed by atoms with Crippen molar-refractivity contribution in [2.75, 3.05) is 0 Å². The molecule has 4 unspecified atom stereocenters. The number of aliphatic hydroxyl groups is 1. The van der Waals surface area contributed by atoms with Crippen LogP contribution < -0.4 is 16.0 Å². The van der Waals surface area contributed by atoms with Crippen molar-refractivity contribution in [2.24, 2.45) is 11.8 Å². The molecule has 2 aliphatic rings. The minimum absolute atomic E-state index is 0.0416. The number of benzene rings is 1. The number of carbonyl (C=O) groups is 3. The quantitative estimate of drug-likeness (QED) is 0.384. The Morgan fingerprint density at radius 3 is 2.40 bits per heavy atom. The molecule has 8 nitrogen and oxygen atoms in total. The summed E-state index contributed by atoms with van der Waals surface area (Å²) in [7, 11) is 0. The number of alkyl halides is 2. The van der Waals surface area contributed by atoms with E-state index in [0.29, 0.717) is 6.42 Å². The van der Waals surface area contributed by atoms with E-state index in [1.165, 1.54) is 24.3 Å². The van der Waals surface area contributed by atoms with Gasteiger partial charge in [0, 0.05) is 17.0 Å². The van der Waals surface area contributed by atoms with Crippen LogP contribution in [0.1, 0.15) is 51.5 Å². The Morgan fingerprint density at radius 2 is 1.89 bits per heavy atom. The maximum Gasteiger partial charge on any atom is 0.356 e. The molecule has 35 heavy (non-hydrogen) atoms. The van der Waals surface area contributed by atoms with Crippen molar-refractivity contribution < 1.29 is 28.3 Å². The summed E-state index contributed by atoms with van der Waals surface area (Å²) in [6.07, 6.45) is 2.29. The van der Waals surface area contributed by atoms with Crippen molar-refractivity contribution in [1.29, 1.82) is 5.26 Å². The van der Waals surface area contributed by atoms with Gasteiger partial charge in [0.2, 0.25) is 11.8 Å². The van der Waals surface area contributed by atoms with Crippen LogP contribution in [0.4, 0.5) is 8.78 Å². The van der Waals surface area contributed by atoms with Crippen molar-refractivity contribution in [1.82, 2.24) is 16.0 Å². The first-order chi connectivity index (χ1) is 16.3. The molecule has 190 valence electrons. The summed E-state index contributed by atoms with van der Waals surface area (Å²) in [6, 6.07) is 4.55. The molecule has 1 aromatic rings. The van der Waals surface area contributed by atoms with Crippen LogP contribution in [0.25, 0.3) is 0 Å². The Hall–Kier alpha value is -2.77. The summed E-state index contributed by atoms with van der Waals surface area (Å²) in [6.45, 7) is 2.64. The van der Waals surface area contributed by atoms with Gasteiger partial charge < -0.3 is 21.1 Å². The Balaban J connectivity index is 1.70. The van der Waals surface area contributed by atoms with Crippen molar-refractivity contribution in [2.45, 2.75) is 75.6 Å². The minimum Gasteiger partial charge on any atom is -0.379 e. The van der Waals surface area contributed by atoms with E-state index in [9.17, 15) is 24.8 Å². The van der Waals surface area contributed by atoms with E-state index in [2.05, 4.69) is 16.0 Å². The van der Waals surface area contributed by atoms with Gasteiger partial charge in [-0.25, -0.2) is 0 Å². The molecule has 4 N–H and O–H groups in total. The molecule has 3 amide bonds. The third-order valence-corrected chi connectivity index (χ3v) is 6.83. The second kappa shape index (κ2) is 10.5. The molecular weight excluding hydrogens is 482 g/mol. The highest BCUT2D eigenvalue weighted by Gasteiger charge is 2.57. The normalized spacial score (nSPS) is 23.4. The first-order valence-electron chi connectivity index (χ1n) is 11.5. The van der Waals surface area contributed by atoms with Crippen molar-refractivity contribution in [3.8, 4) is 6.07 Å². The number of nitriles is 1. The number of nitrogens with zero attached hydrogens (tertiary/aromatic N) is 1. The van der Waals surface area contributed by atoms with Crippen LogP contribution in [0.2, 0.25) is 5.02 Å². The SMILES string of the molecule is CC1CC(CC(C#N)NC(=O)[C@H](CC2CC2)NC(=O)C(F)(F)C(C)(O)c2ccc(Cl)cc2)C(=O)N1. The van der Waals surface area contributed by atoms with E-state index in [-0.39, 0.29) is 41.3 Å². The molecule has 11 heteroatoms. The smallest absolute Gasteiger partial charge is 0.356 e. The second-order valence-corrected chi connectivity index (χ2v) is 10.1. The van der Waals surface area contributed by atoms with E-state index in [0.717, 1.165) is 19.8 Å². The summed E-state index contributed by atoms with van der Waals surface area (Å²) >= 11 is 5.78. The molecule has 0 bridgehead atoms. The Bertz CT molecular complexity index is 1010. The second-order valence-electron chi connectivity index (χ2n) is 9.63. The average Bonchev–Trinajstić information content (AvgIpc) is 3.55. The first kappa shape index (κ1) is 26.8. The fourth-order valence-electron chi connectivity index (χ4n) is 4.20. The number of hydrogen-bond acceptors (Lipinski definition) is 5. The predicted octanol–water partition coefficient (Wildman–Crippen LogP) is 2.39. The van der Waals surface area contributed by atoms with E-state index in [1.54, 1.807) is 0 Å². The number of rotatable bonds is 10. The number of halogens is 3. The van der Waals surface area contributed by atoms with E-state index < -0.39 is 41.3 Å². The maximum atomic E-state index is 15.1. The zero-order chi connectivity index (χ0) is 26.0. The van der Waals surface area contributed by atoms with Crippen LogP contribution in [-0.4, -0.2) is 46.9 Å². The average molecular weight is 511 g/mol. The number of nitrogens with one attached hydrogen (secondary N) is 3. The summed E-state index contributed by atoms with van der Waals surface area (Å²) in [5.41, 5.74) is -3.09. The molecule has 0 spiro atoms. The molecule has 5 atom stereocenters. The molecule has 1 aliphatic carbocycles. The first-order valence-corrected chi connectivity index (χ1v) is 11.9. The van der Waals surface area contributed by atoms with E-state index in [4.69, 9.17) is 11.6 Å². The van der Waals surface area contributed by atoms with Crippen LogP contribution in [-0.2, 0) is 20.0 Å². The molecular formula is C24H29ClF2N4O4. The third-order valence-electron chi connectivity index (χ3n) is 6.58. The summed E-state index contributed by atoms with van der Waals surface area (Å²) in [5, 5.41) is 27.6. The van der Waals surface area contributed by atoms with Crippen LogP contribution in [0.5, 0.6) is 0 Å². The molecule has 2 fully saturated rings. The van der Waals surface area contributed by atoms with Gasteiger partial charge in [0.15, 0.2) is 5.60 Å². The van der Waals surface area contributed by atoms with Gasteiger partial charge in [0.1, 0.15) is 12.1 Å². The van der Waals surface area contributed by atoms with Gasteiger partial charge in [-0.05, 0) is 56.7 Å². The molecule has 1 aromatic carbocycles. The van der Waals surface area contributed by atoms with Gasteiger partial charge in [-0.2, -0.15) is 14.0 Å². The largest absolute Gasteiger partial charge is 0.379 e. The molecule has 3 rings (SSSR count). The predicted molar refractivity (Wildman–Crippen MR) is 123 cm³/mol. The van der Waals surface area contributed by atoms with Crippen LogP contribution in [0, 0.1) is 23.2 Å². The monoisotopic (exact) mass is 510 g/mol. The topological polar surface area (TPSA) is 131 Å². The van der Waals surface area contributed by atoms with E-state index >= 15 is 8.78 Å². The van der Waals surface area contributed by atoms with E-state index in [1.807, 2.05) is 13.0 Å². The van der Waals surface area contributed by atoms with Crippen LogP contribution >= 0.6 is 11.6 Å².